The van der Waals surface area contributed by atoms with Gasteiger partial charge in [0.1, 0.15) is 0 Å². The highest BCUT2D eigenvalue weighted by atomic mass is 16.1. The first kappa shape index (κ1) is 10.5. The van der Waals surface area contributed by atoms with E-state index in [1.165, 1.54) is 19.3 Å². The van der Waals surface area contributed by atoms with Crippen LogP contribution in [0.3, 0.4) is 0 Å². The normalized spacial score (nSPS) is 26.2. The molecule has 1 aliphatic carbocycles. The predicted molar refractivity (Wildman–Crippen MR) is 53.2 cm³/mol. The van der Waals surface area contributed by atoms with Gasteiger partial charge in [-0.25, -0.2) is 0 Å². The van der Waals surface area contributed by atoms with E-state index in [0.29, 0.717) is 17.9 Å². The van der Waals surface area contributed by atoms with Gasteiger partial charge in [-0.15, -0.1) is 0 Å². The monoisotopic (exact) mass is 184 g/mol. The first-order valence-corrected chi connectivity index (χ1v) is 5.04. The van der Waals surface area contributed by atoms with Gasteiger partial charge in [0.2, 0.25) is 5.91 Å². The number of carbonyl (C=O) groups is 1. The third-order valence-corrected chi connectivity index (χ3v) is 3.02. The van der Waals surface area contributed by atoms with Crippen LogP contribution in [0.1, 0.15) is 39.5 Å². The molecule has 1 aliphatic rings. The third-order valence-electron chi connectivity index (χ3n) is 3.02. The Morgan fingerprint density at radius 2 is 2.31 bits per heavy atom. The van der Waals surface area contributed by atoms with Crippen molar-refractivity contribution < 1.29 is 4.79 Å². The number of nitrogens with one attached hydrogen (secondary N) is 1. The Morgan fingerprint density at radius 1 is 1.62 bits per heavy atom. The lowest BCUT2D eigenvalue weighted by Crippen LogP contribution is -2.39. The molecule has 1 amide bonds. The van der Waals surface area contributed by atoms with Crippen molar-refractivity contribution in [3.05, 3.63) is 0 Å². The molecule has 1 rings (SSSR count). The number of carbonyl (C=O) groups excluding carboxylic acids is 1. The predicted octanol–water partition coefficient (Wildman–Crippen LogP) is 1.03. The molecule has 1 atom stereocenters. The summed E-state index contributed by atoms with van der Waals surface area (Å²) < 4.78 is 0. The number of primary amides is 1. The molecule has 0 heterocycles. The summed E-state index contributed by atoms with van der Waals surface area (Å²) in [6.07, 6.45) is 4.25. The maximum Gasteiger partial charge on any atom is 0.218 e. The van der Waals surface area contributed by atoms with Gasteiger partial charge in [-0.2, -0.15) is 0 Å². The number of nitrogens with two attached hydrogens (primary N) is 1. The van der Waals surface area contributed by atoms with Gasteiger partial charge in [-0.1, -0.05) is 20.3 Å². The highest BCUT2D eigenvalue weighted by molar-refractivity contribution is 5.73. The zero-order valence-corrected chi connectivity index (χ0v) is 8.60. The van der Waals surface area contributed by atoms with E-state index in [1.54, 1.807) is 0 Å². The Hall–Kier alpha value is -0.570. The fraction of sp³-hybridized carbons (Fsp3) is 0.900. The first-order valence-electron chi connectivity index (χ1n) is 5.04. The van der Waals surface area contributed by atoms with Gasteiger partial charge < -0.3 is 11.1 Å². The largest absolute Gasteiger partial charge is 0.370 e. The Kier molecular flexibility index (Phi) is 3.31. The molecule has 1 unspecified atom stereocenters. The van der Waals surface area contributed by atoms with Gasteiger partial charge in [-0.3, -0.25) is 4.79 Å². The van der Waals surface area contributed by atoms with Gasteiger partial charge >= 0.3 is 0 Å². The van der Waals surface area contributed by atoms with Crippen LogP contribution < -0.4 is 11.1 Å². The molecule has 3 N–H and O–H groups in total. The Balaban J connectivity index is 2.25. The lowest BCUT2D eigenvalue weighted by molar-refractivity contribution is -0.117. The van der Waals surface area contributed by atoms with Crippen molar-refractivity contribution in [1.29, 1.82) is 0 Å². The Labute approximate surface area is 80.1 Å². The highest BCUT2D eigenvalue weighted by Gasteiger charge is 2.33. The fourth-order valence-corrected chi connectivity index (χ4v) is 2.07. The number of rotatable bonds is 4. The van der Waals surface area contributed by atoms with Crippen LogP contribution in [0.15, 0.2) is 0 Å². The van der Waals surface area contributed by atoms with Crippen molar-refractivity contribution in [1.82, 2.24) is 5.32 Å². The van der Waals surface area contributed by atoms with Crippen LogP contribution in [0.2, 0.25) is 0 Å². The number of hydrogen-bond donors (Lipinski definition) is 2. The van der Waals surface area contributed by atoms with Crippen LogP contribution in [-0.2, 0) is 4.79 Å². The van der Waals surface area contributed by atoms with E-state index in [9.17, 15) is 4.79 Å². The lowest BCUT2D eigenvalue weighted by atomic mass is 9.87. The van der Waals surface area contributed by atoms with Crippen molar-refractivity contribution in [3.63, 3.8) is 0 Å². The highest BCUT2D eigenvalue weighted by Crippen LogP contribution is 2.36. The molecule has 0 aromatic heterocycles. The summed E-state index contributed by atoms with van der Waals surface area (Å²) in [6, 6.07) is 0.562. The number of amides is 1. The average molecular weight is 184 g/mol. The molecule has 1 saturated carbocycles. The first-order chi connectivity index (χ1) is 6.02. The molecule has 0 spiro atoms. The lowest BCUT2D eigenvalue weighted by Gasteiger charge is -2.27. The zero-order valence-electron chi connectivity index (χ0n) is 8.60. The minimum atomic E-state index is -0.219. The van der Waals surface area contributed by atoms with Crippen LogP contribution >= 0.6 is 0 Å². The van der Waals surface area contributed by atoms with Crippen LogP contribution in [0.4, 0.5) is 0 Å². The van der Waals surface area contributed by atoms with E-state index in [2.05, 4.69) is 19.2 Å². The van der Waals surface area contributed by atoms with Crippen LogP contribution in [-0.4, -0.2) is 18.5 Å². The van der Waals surface area contributed by atoms with Crippen LogP contribution in [0, 0.1) is 5.41 Å². The molecule has 1 fully saturated rings. The minimum absolute atomic E-state index is 0.219. The van der Waals surface area contributed by atoms with Crippen molar-refractivity contribution in [2.24, 2.45) is 11.1 Å². The van der Waals surface area contributed by atoms with E-state index < -0.39 is 0 Å². The molecule has 0 aromatic carbocycles. The second kappa shape index (κ2) is 4.09. The summed E-state index contributed by atoms with van der Waals surface area (Å²) >= 11 is 0. The summed E-state index contributed by atoms with van der Waals surface area (Å²) in [5, 5.41) is 3.40. The van der Waals surface area contributed by atoms with Gasteiger partial charge in [-0.05, 0) is 18.3 Å². The van der Waals surface area contributed by atoms with Crippen molar-refractivity contribution in [2.45, 2.75) is 45.6 Å². The SMILES string of the molecule is CC1(C)CCCC1NCCC(N)=O. The second-order valence-electron chi connectivity index (χ2n) is 4.60. The van der Waals surface area contributed by atoms with Gasteiger partial charge in [0, 0.05) is 19.0 Å². The molecular formula is C10H20N2O. The van der Waals surface area contributed by atoms with Crippen molar-refractivity contribution in [3.8, 4) is 0 Å². The molecule has 13 heavy (non-hydrogen) atoms. The molecule has 3 nitrogen and oxygen atoms in total. The zero-order chi connectivity index (χ0) is 9.90. The summed E-state index contributed by atoms with van der Waals surface area (Å²) in [4.78, 5) is 10.5. The molecule has 0 aliphatic heterocycles. The summed E-state index contributed by atoms with van der Waals surface area (Å²) in [6.45, 7) is 5.29. The van der Waals surface area contributed by atoms with Gasteiger partial charge in [0.25, 0.3) is 0 Å². The fourth-order valence-electron chi connectivity index (χ4n) is 2.07. The maximum atomic E-state index is 10.5. The van der Waals surface area contributed by atoms with Crippen LogP contribution in [0.25, 0.3) is 0 Å². The topological polar surface area (TPSA) is 55.1 Å². The minimum Gasteiger partial charge on any atom is -0.370 e. The maximum absolute atomic E-state index is 10.5. The van der Waals surface area contributed by atoms with Crippen molar-refractivity contribution >= 4 is 5.91 Å². The van der Waals surface area contributed by atoms with Crippen LogP contribution in [0.5, 0.6) is 0 Å². The molecule has 0 bridgehead atoms. The van der Waals surface area contributed by atoms with Gasteiger partial charge in [0.05, 0.1) is 0 Å². The number of hydrogen-bond acceptors (Lipinski definition) is 2. The summed E-state index contributed by atoms with van der Waals surface area (Å²) in [7, 11) is 0. The Morgan fingerprint density at radius 3 is 2.77 bits per heavy atom. The molecular weight excluding hydrogens is 164 g/mol. The van der Waals surface area contributed by atoms with Crippen molar-refractivity contribution in [2.75, 3.05) is 6.54 Å². The smallest absolute Gasteiger partial charge is 0.218 e. The average Bonchev–Trinajstić information content (AvgIpc) is 2.30. The van der Waals surface area contributed by atoms with Gasteiger partial charge in [0.15, 0.2) is 0 Å². The molecule has 0 saturated heterocycles. The molecule has 76 valence electrons. The van der Waals surface area contributed by atoms with E-state index >= 15 is 0 Å². The molecule has 0 radical (unpaired) electrons. The van der Waals surface area contributed by atoms with E-state index in [-0.39, 0.29) is 5.91 Å². The Bertz CT molecular complexity index is 189. The quantitative estimate of drug-likeness (QED) is 0.685. The molecule has 3 heteroatoms. The van der Waals surface area contributed by atoms with E-state index in [1.807, 2.05) is 0 Å². The van der Waals surface area contributed by atoms with E-state index in [4.69, 9.17) is 5.73 Å². The summed E-state index contributed by atoms with van der Waals surface area (Å²) in [5.74, 6) is -0.219. The second-order valence-corrected chi connectivity index (χ2v) is 4.60. The molecule has 0 aromatic rings. The third kappa shape index (κ3) is 2.99. The van der Waals surface area contributed by atoms with E-state index in [0.717, 1.165) is 6.54 Å². The summed E-state index contributed by atoms with van der Waals surface area (Å²) in [5.41, 5.74) is 5.45. The standard InChI is InChI=1S/C10H20N2O/c1-10(2)6-3-4-8(10)12-7-5-9(11)13/h8,12H,3-7H2,1-2H3,(H2,11,13).